The predicted octanol–water partition coefficient (Wildman–Crippen LogP) is 4.30. The average Bonchev–Trinajstić information content (AvgIpc) is 3.39. The lowest BCUT2D eigenvalue weighted by Crippen LogP contribution is -2.15. The van der Waals surface area contributed by atoms with Gasteiger partial charge in [-0.15, -0.1) is 0 Å². The van der Waals surface area contributed by atoms with Crippen LogP contribution in [0.4, 0.5) is 11.7 Å². The fourth-order valence-corrected chi connectivity index (χ4v) is 3.80. The summed E-state index contributed by atoms with van der Waals surface area (Å²) >= 11 is 6.18. The Labute approximate surface area is 200 Å². The SMILES string of the molecule is CC(C)n1nc(-c2ccc(CC(=O)Nc3cc(-c4ccccc4Cl)no3)cc2)c(C(N)=O)c1N. The van der Waals surface area contributed by atoms with E-state index in [4.69, 9.17) is 27.6 Å². The molecule has 0 unspecified atom stereocenters. The number of nitrogen functional groups attached to an aromatic ring is 1. The molecule has 0 saturated carbocycles. The van der Waals surface area contributed by atoms with Crippen LogP contribution in [-0.4, -0.2) is 26.8 Å². The molecular weight excluding hydrogens is 456 g/mol. The molecule has 0 atom stereocenters. The van der Waals surface area contributed by atoms with Crippen LogP contribution in [-0.2, 0) is 11.2 Å². The molecule has 0 spiro atoms. The maximum absolute atomic E-state index is 12.5. The summed E-state index contributed by atoms with van der Waals surface area (Å²) in [6.07, 6.45) is 0.105. The molecule has 0 aliphatic rings. The van der Waals surface area contributed by atoms with Crippen molar-refractivity contribution in [1.82, 2.24) is 14.9 Å². The molecule has 2 aromatic heterocycles. The fraction of sp³-hybridized carbons (Fsp3) is 0.167. The summed E-state index contributed by atoms with van der Waals surface area (Å²) in [5.41, 5.74) is 14.9. The van der Waals surface area contributed by atoms with Crippen molar-refractivity contribution in [2.24, 2.45) is 5.73 Å². The van der Waals surface area contributed by atoms with Gasteiger partial charge in [0, 0.05) is 23.2 Å². The first-order valence-corrected chi connectivity index (χ1v) is 10.9. The molecule has 4 rings (SSSR count). The van der Waals surface area contributed by atoms with Crippen LogP contribution < -0.4 is 16.8 Å². The number of rotatable bonds is 7. The molecular formula is C24H23ClN6O3. The number of anilines is 2. The zero-order valence-electron chi connectivity index (χ0n) is 18.6. The maximum Gasteiger partial charge on any atom is 0.254 e. The van der Waals surface area contributed by atoms with Gasteiger partial charge in [-0.05, 0) is 25.5 Å². The van der Waals surface area contributed by atoms with Gasteiger partial charge >= 0.3 is 0 Å². The lowest BCUT2D eigenvalue weighted by atomic mass is 10.0. The summed E-state index contributed by atoms with van der Waals surface area (Å²) in [6.45, 7) is 3.82. The van der Waals surface area contributed by atoms with Gasteiger partial charge in [0.1, 0.15) is 22.8 Å². The van der Waals surface area contributed by atoms with Crippen LogP contribution in [0.3, 0.4) is 0 Å². The van der Waals surface area contributed by atoms with E-state index >= 15 is 0 Å². The molecule has 0 saturated heterocycles. The monoisotopic (exact) mass is 478 g/mol. The van der Waals surface area contributed by atoms with Gasteiger partial charge in [0.15, 0.2) is 0 Å². The summed E-state index contributed by atoms with van der Waals surface area (Å²) in [7, 11) is 0. The van der Waals surface area contributed by atoms with E-state index in [1.54, 1.807) is 41.1 Å². The lowest BCUT2D eigenvalue weighted by Gasteiger charge is -2.07. The summed E-state index contributed by atoms with van der Waals surface area (Å²) in [5, 5.41) is 11.7. The standard InChI is InChI=1S/C24H23ClN6O3/c1-13(2)31-23(26)21(24(27)33)22(29-31)15-9-7-14(8-10-15)11-19(32)28-20-12-18(30-34-20)16-5-3-4-6-17(16)25/h3-10,12-13H,11,26H2,1-2H3,(H2,27,33)(H,28,32). The van der Waals surface area contributed by atoms with Crippen molar-refractivity contribution in [2.45, 2.75) is 26.3 Å². The molecule has 0 aliphatic heterocycles. The Morgan fingerprint density at radius 1 is 1.15 bits per heavy atom. The second kappa shape index (κ2) is 9.40. The first kappa shape index (κ1) is 23.1. The summed E-state index contributed by atoms with van der Waals surface area (Å²) in [6, 6.07) is 15.9. The number of carbonyl (C=O) groups is 2. The number of amides is 2. The highest BCUT2D eigenvalue weighted by atomic mass is 35.5. The first-order valence-electron chi connectivity index (χ1n) is 10.5. The number of hydrogen-bond acceptors (Lipinski definition) is 6. The molecule has 0 aliphatic carbocycles. The van der Waals surface area contributed by atoms with E-state index in [1.165, 1.54) is 0 Å². The molecule has 5 N–H and O–H groups in total. The smallest absolute Gasteiger partial charge is 0.254 e. The number of carbonyl (C=O) groups excluding carboxylic acids is 2. The minimum absolute atomic E-state index is 0.0376. The Bertz CT molecular complexity index is 1360. The van der Waals surface area contributed by atoms with E-state index in [2.05, 4.69) is 15.6 Å². The largest absolute Gasteiger partial charge is 0.383 e. The third-order valence-electron chi connectivity index (χ3n) is 5.20. The van der Waals surface area contributed by atoms with E-state index < -0.39 is 5.91 Å². The van der Waals surface area contributed by atoms with Crippen molar-refractivity contribution in [3.63, 3.8) is 0 Å². The quantitative estimate of drug-likeness (QED) is 0.361. The van der Waals surface area contributed by atoms with Crippen LogP contribution in [0, 0.1) is 0 Å². The molecule has 174 valence electrons. The molecule has 0 radical (unpaired) electrons. The second-order valence-corrected chi connectivity index (χ2v) is 8.40. The summed E-state index contributed by atoms with van der Waals surface area (Å²) in [4.78, 5) is 24.5. The molecule has 10 heteroatoms. The van der Waals surface area contributed by atoms with E-state index in [0.29, 0.717) is 27.5 Å². The van der Waals surface area contributed by atoms with Crippen molar-refractivity contribution in [3.05, 3.63) is 70.7 Å². The Morgan fingerprint density at radius 3 is 2.50 bits per heavy atom. The highest BCUT2D eigenvalue weighted by Gasteiger charge is 2.22. The van der Waals surface area contributed by atoms with Gasteiger partial charge in [0.25, 0.3) is 5.91 Å². The van der Waals surface area contributed by atoms with E-state index in [1.807, 2.05) is 32.0 Å². The molecule has 9 nitrogen and oxygen atoms in total. The van der Waals surface area contributed by atoms with Crippen LogP contribution in [0.25, 0.3) is 22.5 Å². The topological polar surface area (TPSA) is 142 Å². The second-order valence-electron chi connectivity index (χ2n) is 7.99. The van der Waals surface area contributed by atoms with Crippen molar-refractivity contribution >= 4 is 35.1 Å². The number of nitrogens with zero attached hydrogens (tertiary/aromatic N) is 3. The van der Waals surface area contributed by atoms with Crippen molar-refractivity contribution in [1.29, 1.82) is 0 Å². The number of hydrogen-bond donors (Lipinski definition) is 3. The van der Waals surface area contributed by atoms with Gasteiger partial charge in [0.2, 0.25) is 11.8 Å². The number of nitrogens with one attached hydrogen (secondary N) is 1. The Morgan fingerprint density at radius 2 is 1.85 bits per heavy atom. The third-order valence-corrected chi connectivity index (χ3v) is 5.53. The minimum atomic E-state index is -0.647. The molecule has 2 aromatic carbocycles. The Balaban J connectivity index is 1.47. The Kier molecular flexibility index (Phi) is 6.38. The van der Waals surface area contributed by atoms with Gasteiger partial charge in [-0.3, -0.25) is 14.9 Å². The third kappa shape index (κ3) is 4.65. The molecule has 4 aromatic rings. The maximum atomic E-state index is 12.5. The molecule has 0 fully saturated rings. The number of primary amides is 1. The molecule has 34 heavy (non-hydrogen) atoms. The van der Waals surface area contributed by atoms with Gasteiger partial charge in [-0.2, -0.15) is 5.10 Å². The molecule has 2 heterocycles. The van der Waals surface area contributed by atoms with Gasteiger partial charge in [-0.1, -0.05) is 59.2 Å². The van der Waals surface area contributed by atoms with Crippen molar-refractivity contribution in [2.75, 3.05) is 11.1 Å². The fourth-order valence-electron chi connectivity index (χ4n) is 3.56. The average molecular weight is 479 g/mol. The van der Waals surface area contributed by atoms with E-state index in [0.717, 1.165) is 5.56 Å². The minimum Gasteiger partial charge on any atom is -0.383 e. The van der Waals surface area contributed by atoms with Crippen LogP contribution in [0.15, 0.2) is 59.1 Å². The van der Waals surface area contributed by atoms with Crippen molar-refractivity contribution in [3.8, 4) is 22.5 Å². The summed E-state index contributed by atoms with van der Waals surface area (Å²) in [5.74, 6) is -0.478. The van der Waals surface area contributed by atoms with Crippen LogP contribution in [0.5, 0.6) is 0 Å². The first-order chi connectivity index (χ1) is 16.2. The lowest BCUT2D eigenvalue weighted by molar-refractivity contribution is -0.115. The zero-order chi connectivity index (χ0) is 24.4. The van der Waals surface area contributed by atoms with Crippen LogP contribution in [0.2, 0.25) is 5.02 Å². The van der Waals surface area contributed by atoms with E-state index in [9.17, 15) is 9.59 Å². The highest BCUT2D eigenvalue weighted by Crippen LogP contribution is 2.30. The Hall–Kier alpha value is -4.11. The van der Waals surface area contributed by atoms with Gasteiger partial charge in [-0.25, -0.2) is 4.68 Å². The van der Waals surface area contributed by atoms with Crippen molar-refractivity contribution < 1.29 is 14.1 Å². The summed E-state index contributed by atoms with van der Waals surface area (Å²) < 4.78 is 6.78. The zero-order valence-corrected chi connectivity index (χ0v) is 19.3. The van der Waals surface area contributed by atoms with Gasteiger partial charge in [0.05, 0.1) is 11.4 Å². The highest BCUT2D eigenvalue weighted by molar-refractivity contribution is 6.33. The normalized spacial score (nSPS) is 11.1. The van der Waals surface area contributed by atoms with Crippen LogP contribution in [0.1, 0.15) is 35.8 Å². The van der Waals surface area contributed by atoms with E-state index in [-0.39, 0.29) is 35.6 Å². The predicted molar refractivity (Wildman–Crippen MR) is 130 cm³/mol. The van der Waals surface area contributed by atoms with Crippen LogP contribution >= 0.6 is 11.6 Å². The molecule has 2 amide bonds. The number of nitrogens with two attached hydrogens (primary N) is 2. The number of aromatic nitrogens is 3. The molecule has 0 bridgehead atoms. The van der Waals surface area contributed by atoms with Gasteiger partial charge < -0.3 is 16.0 Å². The number of halogens is 1. The number of benzene rings is 2.